The summed E-state index contributed by atoms with van der Waals surface area (Å²) >= 11 is 0. The second kappa shape index (κ2) is 8.24. The highest BCUT2D eigenvalue weighted by atomic mass is 19.4. The maximum absolute atomic E-state index is 13.2. The number of hydrogen-bond acceptors (Lipinski definition) is 7. The molecule has 0 atom stereocenters. The monoisotopic (exact) mass is 399 g/mol. The van der Waals surface area contributed by atoms with Gasteiger partial charge in [0.15, 0.2) is 0 Å². The summed E-state index contributed by atoms with van der Waals surface area (Å²) in [4.78, 5) is 24.9. The molecule has 1 aliphatic heterocycles. The van der Waals surface area contributed by atoms with Gasteiger partial charge in [0.1, 0.15) is 11.6 Å². The molecule has 0 amide bonds. The summed E-state index contributed by atoms with van der Waals surface area (Å²) in [6.45, 7) is 3.11. The van der Waals surface area contributed by atoms with Gasteiger partial charge in [-0.3, -0.25) is 0 Å². The number of carbonyl (C=O) groups is 2. The molecule has 1 aromatic carbocycles. The molecule has 0 aliphatic carbocycles. The van der Waals surface area contributed by atoms with Crippen molar-refractivity contribution in [2.45, 2.75) is 25.9 Å². The zero-order valence-electron chi connectivity index (χ0n) is 15.2. The van der Waals surface area contributed by atoms with Gasteiger partial charge >= 0.3 is 18.1 Å². The Labute approximate surface area is 159 Å². The lowest BCUT2D eigenvalue weighted by molar-refractivity contribution is -0.139. The Morgan fingerprint density at radius 2 is 1.54 bits per heavy atom. The molecule has 1 heterocycles. The number of nitrogens with two attached hydrogens (primary N) is 2. The van der Waals surface area contributed by atoms with Crippen LogP contribution in [0.1, 0.15) is 30.9 Å². The predicted molar refractivity (Wildman–Crippen MR) is 93.0 cm³/mol. The number of nitrogens with one attached hydrogen (secondary N) is 1. The number of dihydropyridines is 1. The van der Waals surface area contributed by atoms with E-state index in [1.54, 1.807) is 13.8 Å². The van der Waals surface area contributed by atoms with Gasteiger partial charge in [-0.2, -0.15) is 13.2 Å². The Balaban J connectivity index is 2.70. The molecule has 1 aromatic rings. The van der Waals surface area contributed by atoms with Crippen molar-refractivity contribution >= 4 is 11.9 Å². The van der Waals surface area contributed by atoms with Crippen molar-refractivity contribution < 1.29 is 32.2 Å². The van der Waals surface area contributed by atoms with Crippen LogP contribution in [-0.4, -0.2) is 25.2 Å². The predicted octanol–water partition coefficient (Wildman–Crippen LogP) is 1.86. The molecule has 7 nitrogen and oxygen atoms in total. The largest absolute Gasteiger partial charge is 0.463 e. The van der Waals surface area contributed by atoms with E-state index < -0.39 is 29.6 Å². The standard InChI is InChI=1S/C18H20F3N3O4/c1-3-27-16(25)12-11(9-6-5-7-10(8-9)18(19,20)21)13(17(26)28-4-2)15(23)24-14(12)22/h5-8,11,24H,3-4,22-23H2,1-2H3. The van der Waals surface area contributed by atoms with Gasteiger partial charge in [0, 0.05) is 0 Å². The molecule has 0 unspecified atom stereocenters. The SMILES string of the molecule is CCOC(=O)C1=C(N)NC(N)=C(C(=O)OCC)C1c1cccc(C(F)(F)F)c1. The van der Waals surface area contributed by atoms with Crippen LogP contribution in [0.15, 0.2) is 47.1 Å². The third-order valence-electron chi connectivity index (χ3n) is 3.97. The van der Waals surface area contributed by atoms with Gasteiger partial charge in [-0.1, -0.05) is 18.2 Å². The topological polar surface area (TPSA) is 117 Å². The molecule has 0 radical (unpaired) electrons. The second-order valence-electron chi connectivity index (χ2n) is 5.78. The molecule has 152 valence electrons. The number of alkyl halides is 3. The van der Waals surface area contributed by atoms with Crippen molar-refractivity contribution in [3.05, 3.63) is 58.2 Å². The van der Waals surface area contributed by atoms with Gasteiger partial charge in [0.25, 0.3) is 0 Å². The summed E-state index contributed by atoms with van der Waals surface area (Å²) in [7, 11) is 0. The van der Waals surface area contributed by atoms with Gasteiger partial charge in [0.2, 0.25) is 0 Å². The summed E-state index contributed by atoms with van der Waals surface area (Å²) in [5.74, 6) is -3.49. The van der Waals surface area contributed by atoms with E-state index in [4.69, 9.17) is 20.9 Å². The van der Waals surface area contributed by atoms with E-state index in [1.165, 1.54) is 6.07 Å². The fraction of sp³-hybridized carbons (Fsp3) is 0.333. The van der Waals surface area contributed by atoms with Gasteiger partial charge in [-0.15, -0.1) is 0 Å². The zero-order valence-corrected chi connectivity index (χ0v) is 15.2. The van der Waals surface area contributed by atoms with Crippen LogP contribution in [0.2, 0.25) is 0 Å². The first kappa shape index (κ1) is 21.1. The highest BCUT2D eigenvalue weighted by molar-refractivity contribution is 5.99. The summed E-state index contributed by atoms with van der Waals surface area (Å²) in [6.07, 6.45) is -4.62. The lowest BCUT2D eigenvalue weighted by Crippen LogP contribution is -2.39. The molecule has 10 heteroatoms. The Kier molecular flexibility index (Phi) is 6.22. The van der Waals surface area contributed by atoms with Crippen molar-refractivity contribution in [3.63, 3.8) is 0 Å². The molecule has 0 spiro atoms. The Morgan fingerprint density at radius 1 is 1.04 bits per heavy atom. The van der Waals surface area contributed by atoms with Crippen LogP contribution in [0.5, 0.6) is 0 Å². The highest BCUT2D eigenvalue weighted by Crippen LogP contribution is 2.39. The van der Waals surface area contributed by atoms with Gasteiger partial charge in [-0.25, -0.2) is 9.59 Å². The first-order chi connectivity index (χ1) is 13.1. The molecule has 28 heavy (non-hydrogen) atoms. The maximum atomic E-state index is 13.2. The van der Waals surface area contributed by atoms with Crippen molar-refractivity contribution in [3.8, 4) is 0 Å². The van der Waals surface area contributed by atoms with Gasteiger partial charge in [0.05, 0.1) is 35.8 Å². The summed E-state index contributed by atoms with van der Waals surface area (Å²) in [5.41, 5.74) is 10.3. The molecule has 0 aromatic heterocycles. The van der Waals surface area contributed by atoms with Crippen molar-refractivity contribution in [2.75, 3.05) is 13.2 Å². The first-order valence-corrected chi connectivity index (χ1v) is 8.39. The molecule has 0 saturated heterocycles. The van der Waals surface area contributed by atoms with Crippen LogP contribution in [0, 0.1) is 0 Å². The van der Waals surface area contributed by atoms with E-state index in [0.29, 0.717) is 0 Å². The minimum Gasteiger partial charge on any atom is -0.463 e. The molecule has 5 N–H and O–H groups in total. The third kappa shape index (κ3) is 4.21. The number of ether oxygens (including phenoxy) is 2. The van der Waals surface area contributed by atoms with Crippen molar-refractivity contribution in [1.29, 1.82) is 0 Å². The van der Waals surface area contributed by atoms with Crippen molar-refractivity contribution in [1.82, 2.24) is 5.32 Å². The number of hydrogen-bond donors (Lipinski definition) is 3. The molecule has 2 rings (SSSR count). The van der Waals surface area contributed by atoms with E-state index in [2.05, 4.69) is 5.32 Å². The number of halogens is 3. The number of rotatable bonds is 5. The van der Waals surface area contributed by atoms with Crippen molar-refractivity contribution in [2.24, 2.45) is 11.5 Å². The molecule has 0 bridgehead atoms. The minimum absolute atomic E-state index is 0.00113. The molecule has 0 saturated carbocycles. The smallest absolute Gasteiger partial charge is 0.416 e. The number of carbonyl (C=O) groups excluding carboxylic acids is 2. The summed E-state index contributed by atoms with van der Waals surface area (Å²) < 4.78 is 49.5. The quantitative estimate of drug-likeness (QED) is 0.647. The Bertz CT molecular complexity index is 807. The lowest BCUT2D eigenvalue weighted by Gasteiger charge is -2.29. The van der Waals surface area contributed by atoms with E-state index in [1.807, 2.05) is 0 Å². The second-order valence-corrected chi connectivity index (χ2v) is 5.78. The van der Waals surface area contributed by atoms with Gasteiger partial charge in [-0.05, 0) is 25.5 Å². The number of esters is 2. The lowest BCUT2D eigenvalue weighted by atomic mass is 9.81. The van der Waals surface area contributed by atoms with Crippen LogP contribution >= 0.6 is 0 Å². The molecule has 0 fully saturated rings. The van der Waals surface area contributed by atoms with Gasteiger partial charge < -0.3 is 26.3 Å². The molecular weight excluding hydrogens is 379 g/mol. The van der Waals surface area contributed by atoms with Crippen LogP contribution in [0.25, 0.3) is 0 Å². The highest BCUT2D eigenvalue weighted by Gasteiger charge is 2.40. The van der Waals surface area contributed by atoms with E-state index in [9.17, 15) is 22.8 Å². The Morgan fingerprint density at radius 3 is 1.96 bits per heavy atom. The Hall–Kier alpha value is -3.17. The summed E-state index contributed by atoms with van der Waals surface area (Å²) in [5, 5.41) is 2.49. The number of benzene rings is 1. The van der Waals surface area contributed by atoms with E-state index >= 15 is 0 Å². The first-order valence-electron chi connectivity index (χ1n) is 8.39. The van der Waals surface area contributed by atoms with Crippen LogP contribution < -0.4 is 16.8 Å². The van der Waals surface area contributed by atoms with Crippen LogP contribution in [0.4, 0.5) is 13.2 Å². The van der Waals surface area contributed by atoms with Crippen LogP contribution in [0.3, 0.4) is 0 Å². The maximum Gasteiger partial charge on any atom is 0.416 e. The summed E-state index contributed by atoms with van der Waals surface area (Å²) in [6, 6.07) is 4.20. The van der Waals surface area contributed by atoms with E-state index in [0.717, 1.165) is 18.2 Å². The molecule has 1 aliphatic rings. The third-order valence-corrected chi connectivity index (χ3v) is 3.97. The zero-order chi connectivity index (χ0) is 21.1. The average molecular weight is 399 g/mol. The van der Waals surface area contributed by atoms with E-state index in [-0.39, 0.29) is 41.6 Å². The molecular formula is C18H20F3N3O4. The fourth-order valence-electron chi connectivity index (χ4n) is 2.84. The average Bonchev–Trinajstić information content (AvgIpc) is 2.60. The normalized spacial score (nSPS) is 15.3. The van der Waals surface area contributed by atoms with Crippen LogP contribution in [-0.2, 0) is 25.2 Å². The minimum atomic E-state index is -4.62. The fourth-order valence-corrected chi connectivity index (χ4v) is 2.84.